The summed E-state index contributed by atoms with van der Waals surface area (Å²) >= 11 is 0. The van der Waals surface area contributed by atoms with Crippen molar-refractivity contribution in [1.82, 2.24) is 19.4 Å². The summed E-state index contributed by atoms with van der Waals surface area (Å²) in [5.74, 6) is 0.377. The molecule has 1 aromatic carbocycles. The maximum absolute atomic E-state index is 14.3. The van der Waals surface area contributed by atoms with Crippen LogP contribution in [0.1, 0.15) is 54.4 Å². The summed E-state index contributed by atoms with van der Waals surface area (Å²) in [5.41, 5.74) is 2.46. The van der Waals surface area contributed by atoms with Crippen LogP contribution in [-0.2, 0) is 17.9 Å². The van der Waals surface area contributed by atoms with Crippen LogP contribution in [0.15, 0.2) is 65.5 Å². The van der Waals surface area contributed by atoms with Crippen molar-refractivity contribution in [2.45, 2.75) is 64.2 Å². The van der Waals surface area contributed by atoms with E-state index in [-0.39, 0.29) is 24.4 Å². The van der Waals surface area contributed by atoms with Crippen LogP contribution in [0.2, 0.25) is 0 Å². The van der Waals surface area contributed by atoms with Gasteiger partial charge in [-0.2, -0.15) is 0 Å². The molecule has 3 aromatic heterocycles. The van der Waals surface area contributed by atoms with Gasteiger partial charge >= 0.3 is 0 Å². The molecule has 1 saturated carbocycles. The Kier molecular flexibility index (Phi) is 5.09. The van der Waals surface area contributed by atoms with Crippen LogP contribution in [0.3, 0.4) is 0 Å². The van der Waals surface area contributed by atoms with Gasteiger partial charge in [-0.1, -0.05) is 24.5 Å². The fourth-order valence-electron chi connectivity index (χ4n) is 5.73. The molecule has 0 bridgehead atoms. The molecule has 6 rings (SSSR count). The van der Waals surface area contributed by atoms with Crippen molar-refractivity contribution in [3.63, 3.8) is 0 Å². The van der Waals surface area contributed by atoms with Gasteiger partial charge in [-0.15, -0.1) is 0 Å². The number of nitrogens with zero attached hydrogens (tertiary/aromatic N) is 3. The largest absolute Gasteiger partial charge is 0.467 e. The van der Waals surface area contributed by atoms with Crippen molar-refractivity contribution < 1.29 is 14.0 Å². The van der Waals surface area contributed by atoms with E-state index < -0.39 is 5.54 Å². The summed E-state index contributed by atoms with van der Waals surface area (Å²) in [5, 5.41) is 4.26. The topological polar surface area (TPSA) is 72.4 Å². The highest BCUT2D eigenvalue weighted by Gasteiger charge is 2.49. The van der Waals surface area contributed by atoms with Gasteiger partial charge in [-0.05, 0) is 63.1 Å². The average molecular weight is 471 g/mol. The maximum atomic E-state index is 14.3. The lowest BCUT2D eigenvalue weighted by Crippen LogP contribution is -2.64. The summed E-state index contributed by atoms with van der Waals surface area (Å²) in [6, 6.07) is 14.0. The van der Waals surface area contributed by atoms with Crippen molar-refractivity contribution in [2.75, 3.05) is 0 Å². The van der Waals surface area contributed by atoms with E-state index in [0.717, 1.165) is 47.8 Å². The van der Waals surface area contributed by atoms with E-state index in [9.17, 15) is 9.59 Å². The summed E-state index contributed by atoms with van der Waals surface area (Å²) in [4.78, 5) is 29.9. The molecular formula is C28H30N4O3. The Morgan fingerprint density at radius 1 is 1.14 bits per heavy atom. The van der Waals surface area contributed by atoms with E-state index in [2.05, 4.69) is 30.4 Å². The number of hydrogen-bond acceptors (Lipinski definition) is 3. The second-order valence-electron chi connectivity index (χ2n) is 10.1. The molecule has 0 unspecified atom stereocenters. The number of benzene rings is 1. The molecule has 0 spiro atoms. The third-order valence-electron chi connectivity index (χ3n) is 7.64. The molecule has 0 saturated heterocycles. The number of nitrogens with one attached hydrogen (secondary N) is 1. The van der Waals surface area contributed by atoms with Crippen molar-refractivity contribution >= 4 is 22.7 Å². The quantitative estimate of drug-likeness (QED) is 0.455. The SMILES string of the molecule is Cc1ccc2c(c1)c(-n1cccc1)c1n2C[C@](C)(C(=O)NC2CCCC2)N(Cc2ccco2)C1=O. The van der Waals surface area contributed by atoms with Gasteiger partial charge in [-0.25, -0.2) is 0 Å². The zero-order valence-corrected chi connectivity index (χ0v) is 20.2. The molecule has 1 N–H and O–H groups in total. The first-order valence-corrected chi connectivity index (χ1v) is 12.4. The van der Waals surface area contributed by atoms with E-state index in [4.69, 9.17) is 4.42 Å². The van der Waals surface area contributed by atoms with Gasteiger partial charge < -0.3 is 23.8 Å². The first-order chi connectivity index (χ1) is 17.0. The summed E-state index contributed by atoms with van der Waals surface area (Å²) in [7, 11) is 0. The fourth-order valence-corrected chi connectivity index (χ4v) is 5.73. The summed E-state index contributed by atoms with van der Waals surface area (Å²) in [6.07, 6.45) is 9.76. The minimum Gasteiger partial charge on any atom is -0.467 e. The van der Waals surface area contributed by atoms with Crippen LogP contribution in [0.4, 0.5) is 0 Å². The molecule has 1 aliphatic heterocycles. The van der Waals surface area contributed by atoms with Gasteiger partial charge in [0.05, 0.1) is 30.6 Å². The number of carbonyl (C=O) groups is 2. The minimum absolute atomic E-state index is 0.105. The predicted octanol–water partition coefficient (Wildman–Crippen LogP) is 4.81. The molecule has 1 fully saturated rings. The predicted molar refractivity (Wildman–Crippen MR) is 133 cm³/mol. The van der Waals surface area contributed by atoms with Crippen LogP contribution in [-0.4, -0.2) is 37.4 Å². The summed E-state index contributed by atoms with van der Waals surface area (Å²) in [6.45, 7) is 4.54. The smallest absolute Gasteiger partial charge is 0.274 e. The molecule has 0 radical (unpaired) electrons. The van der Waals surface area contributed by atoms with Gasteiger partial charge in [0.15, 0.2) is 0 Å². The van der Waals surface area contributed by atoms with Crippen LogP contribution in [0, 0.1) is 6.92 Å². The maximum Gasteiger partial charge on any atom is 0.274 e. The average Bonchev–Trinajstić information content (AvgIpc) is 3.64. The van der Waals surface area contributed by atoms with E-state index in [1.807, 2.05) is 52.7 Å². The Bertz CT molecular complexity index is 1390. The van der Waals surface area contributed by atoms with E-state index >= 15 is 0 Å². The van der Waals surface area contributed by atoms with Gasteiger partial charge in [0.25, 0.3) is 5.91 Å². The molecule has 2 aliphatic rings. The van der Waals surface area contributed by atoms with Gasteiger partial charge in [0.2, 0.25) is 5.91 Å². The number of fused-ring (bicyclic) bond motifs is 3. The lowest BCUT2D eigenvalue weighted by Gasteiger charge is -2.44. The number of carbonyl (C=O) groups excluding carboxylic acids is 2. The minimum atomic E-state index is -1.07. The van der Waals surface area contributed by atoms with E-state index in [1.165, 1.54) is 0 Å². The molecule has 4 aromatic rings. The van der Waals surface area contributed by atoms with Crippen molar-refractivity contribution in [1.29, 1.82) is 0 Å². The van der Waals surface area contributed by atoms with Crippen molar-refractivity contribution in [3.05, 3.63) is 78.1 Å². The van der Waals surface area contributed by atoms with Crippen LogP contribution >= 0.6 is 0 Å². The number of furan rings is 1. The second kappa shape index (κ2) is 8.18. The van der Waals surface area contributed by atoms with Crippen LogP contribution < -0.4 is 5.32 Å². The molecular weight excluding hydrogens is 440 g/mol. The van der Waals surface area contributed by atoms with E-state index in [1.54, 1.807) is 11.2 Å². The third-order valence-corrected chi connectivity index (χ3v) is 7.64. The van der Waals surface area contributed by atoms with Crippen LogP contribution in [0.5, 0.6) is 0 Å². The molecule has 180 valence electrons. The molecule has 7 nitrogen and oxygen atoms in total. The van der Waals surface area contributed by atoms with Crippen LogP contribution in [0.25, 0.3) is 16.6 Å². The standard InChI is InChI=1S/C28H30N4O3/c1-19-11-12-23-22(16-19)24(30-13-5-6-14-30)25-26(33)32(17-21-10-7-15-35-21)28(2,18-31(23)25)27(34)29-20-8-3-4-9-20/h5-7,10-16,20H,3-4,8-9,17-18H2,1-2H3,(H,29,34)/t28-/m1/s1. The number of rotatable bonds is 5. The molecule has 35 heavy (non-hydrogen) atoms. The zero-order chi connectivity index (χ0) is 24.2. The summed E-state index contributed by atoms with van der Waals surface area (Å²) < 4.78 is 9.66. The monoisotopic (exact) mass is 470 g/mol. The fraction of sp³-hybridized carbons (Fsp3) is 0.357. The van der Waals surface area contributed by atoms with Gasteiger partial charge in [0, 0.05) is 23.8 Å². The molecule has 7 heteroatoms. The molecule has 2 amide bonds. The molecule has 1 atom stereocenters. The third kappa shape index (κ3) is 3.49. The van der Waals surface area contributed by atoms with Crippen molar-refractivity contribution in [2.24, 2.45) is 0 Å². The molecule has 1 aliphatic carbocycles. The Labute approximate surface area is 204 Å². The first-order valence-electron chi connectivity index (χ1n) is 12.4. The number of amides is 2. The highest BCUT2D eigenvalue weighted by Crippen LogP contribution is 2.39. The number of hydrogen-bond donors (Lipinski definition) is 1. The lowest BCUT2D eigenvalue weighted by molar-refractivity contribution is -0.134. The Morgan fingerprint density at radius 2 is 1.91 bits per heavy atom. The van der Waals surface area contributed by atoms with Gasteiger partial charge in [0.1, 0.15) is 17.0 Å². The first kappa shape index (κ1) is 21.8. The number of aromatic nitrogens is 2. The highest BCUT2D eigenvalue weighted by molar-refractivity contribution is 6.09. The van der Waals surface area contributed by atoms with Gasteiger partial charge in [-0.3, -0.25) is 9.59 Å². The second-order valence-corrected chi connectivity index (χ2v) is 10.1. The molecule has 4 heterocycles. The zero-order valence-electron chi connectivity index (χ0n) is 20.2. The Balaban J connectivity index is 1.53. The lowest BCUT2D eigenvalue weighted by atomic mass is 9.93. The Morgan fingerprint density at radius 3 is 2.63 bits per heavy atom. The number of aryl methyl sites for hydroxylation is 1. The normalized spacial score (nSPS) is 20.5. The highest BCUT2D eigenvalue weighted by atomic mass is 16.3. The Hall–Kier alpha value is -3.74. The van der Waals surface area contributed by atoms with Crippen molar-refractivity contribution in [3.8, 4) is 5.69 Å². The van der Waals surface area contributed by atoms with E-state index in [0.29, 0.717) is 18.0 Å².